The Balaban J connectivity index is 1.91. The topological polar surface area (TPSA) is 54.4 Å². The number of hydrogen-bond donors (Lipinski definition) is 1. The molecule has 0 aliphatic heterocycles. The van der Waals surface area contributed by atoms with Gasteiger partial charge >= 0.3 is 0 Å². The standard InChI is InChI=1S/C19H15BrO3/c20-19-4-2-1-3-15(19)8-12-18(23)13-17(22)11-7-14-5-9-16(21)10-6-14/h1-12,21H,13H2/b11-7+,12-8+. The molecule has 116 valence electrons. The van der Waals surface area contributed by atoms with Crippen molar-refractivity contribution in [3.8, 4) is 5.75 Å². The first-order chi connectivity index (χ1) is 11.0. The van der Waals surface area contributed by atoms with Gasteiger partial charge in [0.05, 0.1) is 6.42 Å². The Kier molecular flexibility index (Phi) is 6.06. The second-order valence-electron chi connectivity index (χ2n) is 4.89. The van der Waals surface area contributed by atoms with Crippen molar-refractivity contribution in [1.29, 1.82) is 0 Å². The van der Waals surface area contributed by atoms with Gasteiger partial charge in [-0.2, -0.15) is 0 Å². The normalized spacial score (nSPS) is 11.2. The first-order valence-corrected chi connectivity index (χ1v) is 7.79. The molecule has 2 rings (SSSR count). The molecule has 0 heterocycles. The summed E-state index contributed by atoms with van der Waals surface area (Å²) in [7, 11) is 0. The molecule has 3 nitrogen and oxygen atoms in total. The van der Waals surface area contributed by atoms with Crippen LogP contribution in [0.4, 0.5) is 0 Å². The van der Waals surface area contributed by atoms with Crippen molar-refractivity contribution >= 4 is 39.6 Å². The number of allylic oxidation sites excluding steroid dienone is 2. The minimum absolute atomic E-state index is 0.167. The molecule has 0 unspecified atom stereocenters. The van der Waals surface area contributed by atoms with Crippen molar-refractivity contribution in [2.75, 3.05) is 0 Å². The summed E-state index contributed by atoms with van der Waals surface area (Å²) in [5, 5.41) is 9.18. The van der Waals surface area contributed by atoms with E-state index in [-0.39, 0.29) is 23.7 Å². The fraction of sp³-hybridized carbons (Fsp3) is 0.0526. The van der Waals surface area contributed by atoms with Crippen LogP contribution in [-0.2, 0) is 9.59 Å². The molecule has 2 aromatic rings. The maximum absolute atomic E-state index is 11.8. The van der Waals surface area contributed by atoms with Gasteiger partial charge in [0.1, 0.15) is 5.75 Å². The molecule has 0 aliphatic rings. The Hall–Kier alpha value is -2.46. The van der Waals surface area contributed by atoms with E-state index in [0.717, 1.165) is 15.6 Å². The molecule has 2 aromatic carbocycles. The molecule has 0 saturated carbocycles. The Morgan fingerprint density at radius 1 is 0.913 bits per heavy atom. The first kappa shape index (κ1) is 16.9. The van der Waals surface area contributed by atoms with E-state index in [4.69, 9.17) is 0 Å². The molecule has 23 heavy (non-hydrogen) atoms. The molecule has 0 saturated heterocycles. The van der Waals surface area contributed by atoms with Gasteiger partial charge in [-0.15, -0.1) is 0 Å². The average Bonchev–Trinajstić information content (AvgIpc) is 2.53. The van der Waals surface area contributed by atoms with Gasteiger partial charge in [0.25, 0.3) is 0 Å². The smallest absolute Gasteiger partial charge is 0.163 e. The summed E-state index contributed by atoms with van der Waals surface area (Å²) in [6.07, 6.45) is 5.91. The number of rotatable bonds is 6. The lowest BCUT2D eigenvalue weighted by Gasteiger charge is -1.97. The van der Waals surface area contributed by atoms with Crippen LogP contribution in [0.1, 0.15) is 17.5 Å². The van der Waals surface area contributed by atoms with E-state index >= 15 is 0 Å². The average molecular weight is 371 g/mol. The van der Waals surface area contributed by atoms with Crippen molar-refractivity contribution in [2.24, 2.45) is 0 Å². The molecule has 0 amide bonds. The zero-order chi connectivity index (χ0) is 16.7. The number of carbonyl (C=O) groups excluding carboxylic acids is 2. The third-order valence-corrected chi connectivity index (χ3v) is 3.78. The lowest BCUT2D eigenvalue weighted by atomic mass is 10.1. The maximum atomic E-state index is 11.8. The van der Waals surface area contributed by atoms with Gasteiger partial charge in [0, 0.05) is 4.47 Å². The van der Waals surface area contributed by atoms with Crippen LogP contribution in [0.3, 0.4) is 0 Å². The number of carbonyl (C=O) groups is 2. The lowest BCUT2D eigenvalue weighted by Crippen LogP contribution is -2.01. The molecular weight excluding hydrogens is 356 g/mol. The molecule has 0 atom stereocenters. The summed E-state index contributed by atoms with van der Waals surface area (Å²) < 4.78 is 0.891. The van der Waals surface area contributed by atoms with Crippen LogP contribution in [0.2, 0.25) is 0 Å². The number of hydrogen-bond acceptors (Lipinski definition) is 3. The Bertz CT molecular complexity index is 758. The van der Waals surface area contributed by atoms with Crippen molar-refractivity contribution in [1.82, 2.24) is 0 Å². The number of benzene rings is 2. The predicted octanol–water partition coefficient (Wildman–Crippen LogP) is 4.41. The highest BCUT2D eigenvalue weighted by molar-refractivity contribution is 9.10. The Morgan fingerprint density at radius 2 is 1.52 bits per heavy atom. The van der Waals surface area contributed by atoms with Crippen LogP contribution >= 0.6 is 15.9 Å². The van der Waals surface area contributed by atoms with Crippen LogP contribution in [0, 0.1) is 0 Å². The van der Waals surface area contributed by atoms with Crippen LogP contribution in [0.25, 0.3) is 12.2 Å². The van der Waals surface area contributed by atoms with E-state index in [2.05, 4.69) is 15.9 Å². The summed E-state index contributed by atoms with van der Waals surface area (Å²) in [5.41, 5.74) is 1.67. The quantitative estimate of drug-likeness (QED) is 0.605. The second kappa shape index (κ2) is 8.25. The van der Waals surface area contributed by atoms with Crippen molar-refractivity contribution in [3.63, 3.8) is 0 Å². The molecule has 0 fully saturated rings. The minimum Gasteiger partial charge on any atom is -0.508 e. The van der Waals surface area contributed by atoms with Crippen LogP contribution in [-0.4, -0.2) is 16.7 Å². The monoisotopic (exact) mass is 370 g/mol. The van der Waals surface area contributed by atoms with Gasteiger partial charge in [0.2, 0.25) is 0 Å². The summed E-state index contributed by atoms with van der Waals surface area (Å²) >= 11 is 3.39. The van der Waals surface area contributed by atoms with Crippen LogP contribution in [0.5, 0.6) is 5.75 Å². The van der Waals surface area contributed by atoms with Crippen LogP contribution in [0.15, 0.2) is 65.2 Å². The van der Waals surface area contributed by atoms with E-state index in [9.17, 15) is 14.7 Å². The van der Waals surface area contributed by atoms with E-state index in [1.54, 1.807) is 24.3 Å². The first-order valence-electron chi connectivity index (χ1n) is 7.00. The van der Waals surface area contributed by atoms with Gasteiger partial charge in [-0.1, -0.05) is 58.4 Å². The van der Waals surface area contributed by atoms with Crippen molar-refractivity contribution in [3.05, 3.63) is 76.3 Å². The molecular formula is C19H15BrO3. The third kappa shape index (κ3) is 5.68. The Morgan fingerprint density at radius 3 is 2.17 bits per heavy atom. The molecule has 0 spiro atoms. The van der Waals surface area contributed by atoms with Crippen molar-refractivity contribution < 1.29 is 14.7 Å². The summed E-state index contributed by atoms with van der Waals surface area (Å²) in [6.45, 7) is 0. The molecule has 0 bridgehead atoms. The number of phenolic OH excluding ortho intramolecular Hbond substituents is 1. The lowest BCUT2D eigenvalue weighted by molar-refractivity contribution is -0.121. The largest absolute Gasteiger partial charge is 0.508 e. The molecule has 0 radical (unpaired) electrons. The number of halogens is 1. The molecule has 1 N–H and O–H groups in total. The highest BCUT2D eigenvalue weighted by atomic mass is 79.9. The second-order valence-corrected chi connectivity index (χ2v) is 5.74. The van der Waals surface area contributed by atoms with Gasteiger partial charge in [-0.3, -0.25) is 9.59 Å². The molecule has 0 aliphatic carbocycles. The summed E-state index contributed by atoms with van der Waals surface area (Å²) in [5.74, 6) is -0.346. The van der Waals surface area contributed by atoms with E-state index in [1.807, 2.05) is 24.3 Å². The zero-order valence-corrected chi connectivity index (χ0v) is 13.9. The summed E-state index contributed by atoms with van der Waals surface area (Å²) in [4.78, 5) is 23.6. The van der Waals surface area contributed by atoms with Gasteiger partial charge in [0.15, 0.2) is 11.6 Å². The maximum Gasteiger partial charge on any atom is 0.163 e. The van der Waals surface area contributed by atoms with E-state index in [1.165, 1.54) is 24.3 Å². The van der Waals surface area contributed by atoms with Crippen LogP contribution < -0.4 is 0 Å². The van der Waals surface area contributed by atoms with Gasteiger partial charge < -0.3 is 5.11 Å². The molecule has 0 aromatic heterocycles. The zero-order valence-electron chi connectivity index (χ0n) is 12.3. The van der Waals surface area contributed by atoms with E-state index in [0.29, 0.717) is 0 Å². The third-order valence-electron chi connectivity index (χ3n) is 3.06. The van der Waals surface area contributed by atoms with E-state index < -0.39 is 0 Å². The Labute approximate surface area is 143 Å². The SMILES string of the molecule is O=C(/C=C/c1ccc(O)cc1)CC(=O)/C=C/c1ccccc1Br. The van der Waals surface area contributed by atoms with Gasteiger partial charge in [-0.05, 0) is 41.5 Å². The minimum atomic E-state index is -0.264. The fourth-order valence-electron chi connectivity index (χ4n) is 1.86. The fourth-order valence-corrected chi connectivity index (χ4v) is 2.27. The number of ketones is 2. The molecule has 4 heteroatoms. The highest BCUT2D eigenvalue weighted by Gasteiger charge is 2.04. The summed E-state index contributed by atoms with van der Waals surface area (Å²) in [6, 6.07) is 14.0. The predicted molar refractivity (Wildman–Crippen MR) is 94.9 cm³/mol. The highest BCUT2D eigenvalue weighted by Crippen LogP contribution is 2.17. The number of aromatic hydroxyl groups is 1. The number of phenols is 1. The van der Waals surface area contributed by atoms with Crippen molar-refractivity contribution in [2.45, 2.75) is 6.42 Å². The van der Waals surface area contributed by atoms with Gasteiger partial charge in [-0.25, -0.2) is 0 Å².